The summed E-state index contributed by atoms with van der Waals surface area (Å²) in [6.07, 6.45) is 9.97. The summed E-state index contributed by atoms with van der Waals surface area (Å²) in [7, 11) is -1.39. The Labute approximate surface area is 204 Å². The molecule has 0 radical (unpaired) electrons. The Morgan fingerprint density at radius 1 is 0.967 bits per heavy atom. The zero-order chi connectivity index (χ0) is 23.1. The van der Waals surface area contributed by atoms with Gasteiger partial charge in [-0.15, -0.1) is 12.8 Å². The van der Waals surface area contributed by atoms with Gasteiger partial charge in [-0.2, -0.15) is 11.8 Å². The molecular weight excluding hydrogens is 477 g/mol. The number of anilines is 1. The first-order chi connectivity index (χ1) is 14.4. The first kappa shape index (κ1) is 29.2. The van der Waals surface area contributed by atoms with Crippen LogP contribution in [-0.4, -0.2) is 21.8 Å². The summed E-state index contributed by atoms with van der Waals surface area (Å²) in [5.74, 6) is 1.09. The molecule has 0 aliphatic heterocycles. The predicted octanol–water partition coefficient (Wildman–Crippen LogP) is 8.37. The van der Waals surface area contributed by atoms with Gasteiger partial charge >= 0.3 is 0 Å². The second-order valence-corrected chi connectivity index (χ2v) is 10.4. The van der Waals surface area contributed by atoms with Crippen LogP contribution in [0.4, 0.5) is 5.69 Å². The molecule has 1 atom stereocenters. The molecule has 2 rings (SSSR count). The average molecular weight is 507 g/mol. The van der Waals surface area contributed by atoms with E-state index in [0.717, 1.165) is 18.6 Å². The molecule has 30 heavy (non-hydrogen) atoms. The van der Waals surface area contributed by atoms with E-state index in [1.54, 1.807) is 42.5 Å². The summed E-state index contributed by atoms with van der Waals surface area (Å²) >= 11 is 20.4. The number of thioether (sulfide) groups is 1. The van der Waals surface area contributed by atoms with Gasteiger partial charge in [0.1, 0.15) is 0 Å². The zero-order valence-corrected chi connectivity index (χ0v) is 21.8. The number of hydrogen-bond acceptors (Lipinski definition) is 2. The summed E-state index contributed by atoms with van der Waals surface area (Å²) in [4.78, 5) is 0.682. The number of unbranched alkanes of at least 4 members (excludes halogenated alkanes) is 1. The highest BCUT2D eigenvalue weighted by Gasteiger charge is 2.19. The number of terminal acetylenes is 1. The molecule has 0 heterocycles. The van der Waals surface area contributed by atoms with E-state index in [0.29, 0.717) is 37.4 Å². The van der Waals surface area contributed by atoms with E-state index in [2.05, 4.69) is 26.7 Å². The van der Waals surface area contributed by atoms with Crippen LogP contribution in [0.2, 0.25) is 15.1 Å². The quantitative estimate of drug-likeness (QED) is 0.251. The van der Waals surface area contributed by atoms with E-state index < -0.39 is 11.0 Å². The predicted molar refractivity (Wildman–Crippen MR) is 140 cm³/mol. The monoisotopic (exact) mass is 505 g/mol. The zero-order valence-electron chi connectivity index (χ0n) is 17.9. The van der Waals surface area contributed by atoms with E-state index in [1.807, 2.05) is 29.9 Å². The molecule has 0 aliphatic carbocycles. The minimum Gasteiger partial charge on any atom is -0.286 e. The lowest BCUT2D eigenvalue weighted by molar-refractivity contribution is 0.676. The van der Waals surface area contributed by atoms with Gasteiger partial charge in [0.05, 0.1) is 15.6 Å². The lowest BCUT2D eigenvalue weighted by Crippen LogP contribution is -2.27. The van der Waals surface area contributed by atoms with E-state index >= 15 is 0 Å². The first-order valence-corrected chi connectivity index (χ1v) is 13.0. The topological polar surface area (TPSA) is 20.3 Å². The number of hydrogen-bond donors (Lipinski definition) is 0. The van der Waals surface area contributed by atoms with Crippen LogP contribution in [-0.2, 0) is 11.0 Å². The minimum absolute atomic E-state index is 0.535. The van der Waals surface area contributed by atoms with Crippen LogP contribution in [0.15, 0.2) is 47.4 Å². The molecule has 1 unspecified atom stereocenters. The molecule has 2 aromatic rings. The van der Waals surface area contributed by atoms with Gasteiger partial charge in [-0.1, -0.05) is 62.5 Å². The summed E-state index contributed by atoms with van der Waals surface area (Å²) in [6.45, 7) is 9.02. The molecule has 7 heteroatoms. The summed E-state index contributed by atoms with van der Waals surface area (Å²) < 4.78 is 15.0. The van der Waals surface area contributed by atoms with Crippen LogP contribution in [0.5, 0.6) is 0 Å². The van der Waals surface area contributed by atoms with Crippen molar-refractivity contribution in [3.8, 4) is 12.8 Å². The maximum Gasteiger partial charge on any atom is 0.152 e. The molecule has 0 aromatic heterocycles. The van der Waals surface area contributed by atoms with Crippen LogP contribution in [0.25, 0.3) is 0 Å². The number of nitrogens with zero attached hydrogens (tertiary/aromatic N) is 1. The standard InChI is InChI=1S/C19H22Cl3NOS2.C2H6.C2H2/c1-14(2)25-12-4-3-11-23(19-13-16(21)7-10-18(19)22)26(24)17-8-5-15(20)6-9-17;2*1-2/h5-10,13-14H,3-4,11-12H2,1-2H3;1-2H3;1-2H. The Morgan fingerprint density at radius 2 is 1.53 bits per heavy atom. The molecule has 0 saturated carbocycles. The molecular formula is C23H30Cl3NOS2. The van der Waals surface area contributed by atoms with Gasteiger partial charge in [0.25, 0.3) is 0 Å². The van der Waals surface area contributed by atoms with Crippen molar-refractivity contribution >= 4 is 63.2 Å². The Bertz CT molecular complexity index is 780. The van der Waals surface area contributed by atoms with Crippen molar-refractivity contribution in [2.24, 2.45) is 0 Å². The third-order valence-corrected chi connectivity index (χ3v) is 7.05. The maximum absolute atomic E-state index is 13.2. The van der Waals surface area contributed by atoms with E-state index in [-0.39, 0.29) is 0 Å². The third kappa shape index (κ3) is 10.5. The lowest BCUT2D eigenvalue weighted by Gasteiger charge is -2.25. The Morgan fingerprint density at radius 3 is 2.10 bits per heavy atom. The van der Waals surface area contributed by atoms with Crippen LogP contribution in [0, 0.1) is 12.8 Å². The van der Waals surface area contributed by atoms with Crippen LogP contribution < -0.4 is 4.31 Å². The van der Waals surface area contributed by atoms with Crippen molar-refractivity contribution < 1.29 is 4.21 Å². The highest BCUT2D eigenvalue weighted by molar-refractivity contribution is 7.99. The van der Waals surface area contributed by atoms with Gasteiger partial charge in [0.15, 0.2) is 11.0 Å². The van der Waals surface area contributed by atoms with Crippen LogP contribution >= 0.6 is 46.6 Å². The summed E-state index contributed by atoms with van der Waals surface area (Å²) in [5, 5.41) is 2.34. The van der Waals surface area contributed by atoms with Gasteiger partial charge in [-0.25, -0.2) is 4.21 Å². The Kier molecular flexibility index (Phi) is 16.3. The SMILES string of the molecule is C#C.CC.CC(C)SCCCCN(c1cc(Cl)ccc1Cl)S(=O)c1ccc(Cl)cc1. The van der Waals surface area contributed by atoms with Gasteiger partial charge in [-0.3, -0.25) is 4.31 Å². The van der Waals surface area contributed by atoms with Gasteiger partial charge in [-0.05, 0) is 66.3 Å². The molecule has 0 fully saturated rings. The second-order valence-electron chi connectivity index (χ2n) is 6.03. The molecule has 0 amide bonds. The largest absolute Gasteiger partial charge is 0.286 e. The van der Waals surface area contributed by atoms with Crippen LogP contribution in [0.1, 0.15) is 40.5 Å². The van der Waals surface area contributed by atoms with Crippen molar-refractivity contribution in [3.63, 3.8) is 0 Å². The Balaban J connectivity index is 0.00000198. The second kappa shape index (κ2) is 16.8. The fraction of sp³-hybridized carbons (Fsp3) is 0.391. The fourth-order valence-corrected chi connectivity index (χ4v) is 4.98. The molecule has 0 N–H and O–H groups in total. The smallest absolute Gasteiger partial charge is 0.152 e. The number of halogens is 3. The molecule has 0 saturated heterocycles. The van der Waals surface area contributed by atoms with Crippen molar-refractivity contribution in [2.75, 3.05) is 16.6 Å². The van der Waals surface area contributed by atoms with Crippen molar-refractivity contribution in [3.05, 3.63) is 57.5 Å². The average Bonchev–Trinajstić information content (AvgIpc) is 2.75. The minimum atomic E-state index is -1.39. The molecule has 166 valence electrons. The van der Waals surface area contributed by atoms with Gasteiger partial charge in [0.2, 0.25) is 0 Å². The first-order valence-electron chi connectivity index (χ1n) is 9.73. The van der Waals surface area contributed by atoms with Gasteiger partial charge in [0, 0.05) is 16.6 Å². The van der Waals surface area contributed by atoms with E-state index in [4.69, 9.17) is 34.8 Å². The van der Waals surface area contributed by atoms with Crippen molar-refractivity contribution in [1.29, 1.82) is 0 Å². The third-order valence-electron chi connectivity index (χ3n) is 3.60. The summed E-state index contributed by atoms with van der Waals surface area (Å²) in [6, 6.07) is 12.3. The molecule has 2 nitrogen and oxygen atoms in total. The van der Waals surface area contributed by atoms with Crippen molar-refractivity contribution in [2.45, 2.75) is 50.7 Å². The van der Waals surface area contributed by atoms with E-state index in [9.17, 15) is 4.21 Å². The normalized spacial score (nSPS) is 11.0. The maximum atomic E-state index is 13.2. The highest BCUT2D eigenvalue weighted by Crippen LogP contribution is 2.32. The van der Waals surface area contributed by atoms with Crippen molar-refractivity contribution in [1.82, 2.24) is 0 Å². The lowest BCUT2D eigenvalue weighted by atomic mass is 10.3. The van der Waals surface area contributed by atoms with E-state index in [1.165, 1.54) is 0 Å². The summed E-state index contributed by atoms with van der Waals surface area (Å²) in [5.41, 5.74) is 0.684. The molecule has 2 aromatic carbocycles. The molecule has 0 bridgehead atoms. The van der Waals surface area contributed by atoms with Crippen LogP contribution in [0.3, 0.4) is 0 Å². The number of benzene rings is 2. The Hall–Kier alpha value is -0.830. The number of rotatable bonds is 9. The highest BCUT2D eigenvalue weighted by atomic mass is 35.5. The fourth-order valence-electron chi connectivity index (χ4n) is 2.32. The van der Waals surface area contributed by atoms with Gasteiger partial charge < -0.3 is 0 Å². The molecule has 0 aliphatic rings. The molecule has 0 spiro atoms.